The monoisotopic (exact) mass is 207 g/mol. The van der Waals surface area contributed by atoms with E-state index in [0.717, 1.165) is 24.9 Å². The van der Waals surface area contributed by atoms with Gasteiger partial charge < -0.3 is 5.32 Å². The Morgan fingerprint density at radius 2 is 2.20 bits per heavy atom. The molecule has 1 rings (SSSR count). The highest BCUT2D eigenvalue weighted by molar-refractivity contribution is 4.95. The van der Waals surface area contributed by atoms with Crippen LogP contribution in [0.2, 0.25) is 0 Å². The van der Waals surface area contributed by atoms with Crippen molar-refractivity contribution < 1.29 is 0 Å². The van der Waals surface area contributed by atoms with Crippen LogP contribution in [0.5, 0.6) is 0 Å². The van der Waals surface area contributed by atoms with E-state index in [4.69, 9.17) is 0 Å². The average molecular weight is 207 g/mol. The summed E-state index contributed by atoms with van der Waals surface area (Å²) >= 11 is 0. The number of hydrogen-bond donors (Lipinski definition) is 1. The molecule has 1 N–H and O–H groups in total. The Morgan fingerprint density at radius 1 is 1.40 bits per heavy atom. The molecule has 1 saturated carbocycles. The van der Waals surface area contributed by atoms with Crippen LogP contribution in [0, 0.1) is 17.8 Å². The second-order valence-corrected chi connectivity index (χ2v) is 4.65. The predicted octanol–water partition coefficient (Wildman–Crippen LogP) is 3.35. The fourth-order valence-electron chi connectivity index (χ4n) is 2.15. The van der Waals surface area contributed by atoms with Gasteiger partial charge in [0.25, 0.3) is 0 Å². The highest BCUT2D eigenvalue weighted by Gasteiger charge is 2.21. The Morgan fingerprint density at radius 3 is 2.73 bits per heavy atom. The molecule has 0 saturated heterocycles. The fraction of sp³-hybridized carbons (Fsp3) is 0.857. The molecule has 1 unspecified atom stereocenters. The average Bonchev–Trinajstić information content (AvgIpc) is 2.19. The van der Waals surface area contributed by atoms with E-state index in [1.807, 2.05) is 6.92 Å². The van der Waals surface area contributed by atoms with Gasteiger partial charge in [0.15, 0.2) is 0 Å². The molecule has 86 valence electrons. The predicted molar refractivity (Wildman–Crippen MR) is 66.7 cm³/mol. The largest absolute Gasteiger partial charge is 0.314 e. The van der Waals surface area contributed by atoms with Gasteiger partial charge in [-0.15, -0.1) is 11.8 Å². The van der Waals surface area contributed by atoms with E-state index >= 15 is 0 Å². The van der Waals surface area contributed by atoms with Gasteiger partial charge in [0.2, 0.25) is 0 Å². The zero-order valence-corrected chi connectivity index (χ0v) is 10.3. The summed E-state index contributed by atoms with van der Waals surface area (Å²) in [5.41, 5.74) is 0. The quantitative estimate of drug-likeness (QED) is 0.631. The van der Waals surface area contributed by atoms with Crippen LogP contribution in [-0.2, 0) is 0 Å². The van der Waals surface area contributed by atoms with Crippen LogP contribution in [-0.4, -0.2) is 12.6 Å². The minimum Gasteiger partial charge on any atom is -0.314 e. The molecule has 0 heterocycles. The maximum Gasteiger partial charge on any atom is 0.0103 e. The molecule has 0 aromatic carbocycles. The van der Waals surface area contributed by atoms with Gasteiger partial charge >= 0.3 is 0 Å². The van der Waals surface area contributed by atoms with E-state index in [2.05, 4.69) is 24.1 Å². The Kier molecular flexibility index (Phi) is 6.52. The Balaban J connectivity index is 2.19. The molecule has 0 amide bonds. The standard InChI is InChI=1S/C14H25N/c1-3-5-6-10-14(15-11-4-2)12-13-8-7-9-13/h13-15H,4,6-12H2,1-2H3. The van der Waals surface area contributed by atoms with Gasteiger partial charge in [-0.25, -0.2) is 0 Å². The van der Waals surface area contributed by atoms with E-state index in [1.54, 1.807) is 0 Å². The molecule has 1 atom stereocenters. The first kappa shape index (κ1) is 12.6. The molecule has 0 bridgehead atoms. The number of rotatable bonds is 7. The van der Waals surface area contributed by atoms with E-state index < -0.39 is 0 Å². The lowest BCUT2D eigenvalue weighted by Crippen LogP contribution is -2.33. The second kappa shape index (κ2) is 7.77. The van der Waals surface area contributed by atoms with Crippen molar-refractivity contribution in [1.82, 2.24) is 5.32 Å². The molecule has 0 aromatic heterocycles. The molecule has 1 nitrogen and oxygen atoms in total. The Hall–Kier alpha value is -0.480. The van der Waals surface area contributed by atoms with Crippen LogP contribution in [0.25, 0.3) is 0 Å². The highest BCUT2D eigenvalue weighted by atomic mass is 14.9. The van der Waals surface area contributed by atoms with Crippen LogP contribution in [0.1, 0.15) is 58.8 Å². The minimum absolute atomic E-state index is 0.719. The summed E-state index contributed by atoms with van der Waals surface area (Å²) in [4.78, 5) is 0. The fourth-order valence-corrected chi connectivity index (χ4v) is 2.15. The van der Waals surface area contributed by atoms with Gasteiger partial charge in [-0.3, -0.25) is 0 Å². The molecule has 0 aliphatic heterocycles. The molecule has 1 aliphatic carbocycles. The summed E-state index contributed by atoms with van der Waals surface area (Å²) in [5, 5.41) is 3.66. The summed E-state index contributed by atoms with van der Waals surface area (Å²) in [6.45, 7) is 5.33. The third-order valence-electron chi connectivity index (χ3n) is 3.32. The molecule has 1 aliphatic rings. The normalized spacial score (nSPS) is 17.7. The molecule has 1 fully saturated rings. The molecule has 15 heavy (non-hydrogen) atoms. The van der Waals surface area contributed by atoms with Crippen LogP contribution in [0.4, 0.5) is 0 Å². The summed E-state index contributed by atoms with van der Waals surface area (Å²) in [6.07, 6.45) is 9.29. The van der Waals surface area contributed by atoms with Gasteiger partial charge in [0.1, 0.15) is 0 Å². The second-order valence-electron chi connectivity index (χ2n) is 4.65. The third kappa shape index (κ3) is 5.23. The highest BCUT2D eigenvalue weighted by Crippen LogP contribution is 2.31. The van der Waals surface area contributed by atoms with Crippen molar-refractivity contribution in [3.63, 3.8) is 0 Å². The minimum atomic E-state index is 0.719. The molecule has 0 spiro atoms. The summed E-state index contributed by atoms with van der Waals surface area (Å²) < 4.78 is 0. The first-order valence-electron chi connectivity index (χ1n) is 6.49. The molecular formula is C14H25N. The number of hydrogen-bond acceptors (Lipinski definition) is 1. The molecule has 1 heteroatoms. The van der Waals surface area contributed by atoms with Crippen molar-refractivity contribution >= 4 is 0 Å². The van der Waals surface area contributed by atoms with Crippen LogP contribution in [0.15, 0.2) is 0 Å². The van der Waals surface area contributed by atoms with Gasteiger partial charge in [-0.05, 0) is 38.6 Å². The van der Waals surface area contributed by atoms with Crippen LogP contribution >= 0.6 is 0 Å². The van der Waals surface area contributed by atoms with E-state index in [1.165, 1.54) is 38.5 Å². The third-order valence-corrected chi connectivity index (χ3v) is 3.32. The van der Waals surface area contributed by atoms with Crippen molar-refractivity contribution in [3.05, 3.63) is 0 Å². The zero-order chi connectivity index (χ0) is 10.9. The van der Waals surface area contributed by atoms with Crippen molar-refractivity contribution in [3.8, 4) is 11.8 Å². The van der Waals surface area contributed by atoms with Crippen molar-refractivity contribution in [2.45, 2.75) is 64.8 Å². The Labute approximate surface area is 95.0 Å². The van der Waals surface area contributed by atoms with Gasteiger partial charge in [-0.2, -0.15) is 0 Å². The van der Waals surface area contributed by atoms with E-state index in [-0.39, 0.29) is 0 Å². The van der Waals surface area contributed by atoms with Crippen LogP contribution in [0.3, 0.4) is 0 Å². The maximum atomic E-state index is 3.66. The lowest BCUT2D eigenvalue weighted by atomic mass is 9.80. The summed E-state index contributed by atoms with van der Waals surface area (Å²) in [5.74, 6) is 7.17. The smallest absolute Gasteiger partial charge is 0.0103 e. The van der Waals surface area contributed by atoms with Crippen molar-refractivity contribution in [2.24, 2.45) is 5.92 Å². The Bertz CT molecular complexity index is 207. The lowest BCUT2D eigenvalue weighted by Gasteiger charge is -2.30. The molecule has 0 aromatic rings. The SMILES string of the molecule is CC#CCCC(CC1CCC1)NCCC. The molecular weight excluding hydrogens is 182 g/mol. The van der Waals surface area contributed by atoms with E-state index in [0.29, 0.717) is 0 Å². The zero-order valence-electron chi connectivity index (χ0n) is 10.3. The van der Waals surface area contributed by atoms with Crippen molar-refractivity contribution in [2.75, 3.05) is 6.54 Å². The summed E-state index contributed by atoms with van der Waals surface area (Å²) in [7, 11) is 0. The lowest BCUT2D eigenvalue weighted by molar-refractivity contribution is 0.255. The van der Waals surface area contributed by atoms with Crippen molar-refractivity contribution in [1.29, 1.82) is 0 Å². The first-order valence-corrected chi connectivity index (χ1v) is 6.49. The van der Waals surface area contributed by atoms with Gasteiger partial charge in [0, 0.05) is 12.5 Å². The van der Waals surface area contributed by atoms with Gasteiger partial charge in [-0.1, -0.05) is 26.2 Å². The summed E-state index contributed by atoms with van der Waals surface area (Å²) in [6, 6.07) is 0.719. The maximum absolute atomic E-state index is 3.66. The number of nitrogens with one attached hydrogen (secondary N) is 1. The van der Waals surface area contributed by atoms with E-state index in [9.17, 15) is 0 Å². The van der Waals surface area contributed by atoms with Crippen LogP contribution < -0.4 is 5.32 Å². The first-order chi connectivity index (χ1) is 7.36. The molecule has 0 radical (unpaired) electrons. The van der Waals surface area contributed by atoms with Gasteiger partial charge in [0.05, 0.1) is 0 Å². The topological polar surface area (TPSA) is 12.0 Å².